The molecule has 24 heavy (non-hydrogen) atoms. The molecule has 2 heterocycles. The first-order chi connectivity index (χ1) is 11.8. The lowest BCUT2D eigenvalue weighted by Crippen LogP contribution is -2.15. The third kappa shape index (κ3) is 2.59. The number of hydrogen-bond acceptors (Lipinski definition) is 4. The number of hydrogen-bond donors (Lipinski definition) is 1. The van der Waals surface area contributed by atoms with E-state index in [9.17, 15) is 9.50 Å². The summed E-state index contributed by atoms with van der Waals surface area (Å²) in [5, 5.41) is 9.20. The van der Waals surface area contributed by atoms with E-state index in [-0.39, 0.29) is 12.4 Å². The molecule has 0 spiro atoms. The van der Waals surface area contributed by atoms with Crippen molar-refractivity contribution in [1.82, 2.24) is 9.55 Å². The molecule has 1 aliphatic rings. The Kier molecular flexibility index (Phi) is 3.82. The number of benzene rings is 2. The van der Waals surface area contributed by atoms with E-state index < -0.39 is 0 Å². The van der Waals surface area contributed by atoms with E-state index in [1.54, 1.807) is 6.07 Å². The number of nitrogens with zero attached hydrogens (tertiary/aromatic N) is 2. The zero-order valence-corrected chi connectivity index (χ0v) is 13.0. The van der Waals surface area contributed by atoms with Gasteiger partial charge in [-0.3, -0.25) is 0 Å². The molecule has 2 aromatic carbocycles. The molecule has 0 atom stereocenters. The molecule has 0 unspecified atom stereocenters. The minimum atomic E-state index is -0.306. The molecule has 0 saturated heterocycles. The van der Waals surface area contributed by atoms with E-state index in [1.165, 1.54) is 12.1 Å². The molecule has 1 N–H and O–H groups in total. The maximum atomic E-state index is 13.6. The van der Waals surface area contributed by atoms with Crippen LogP contribution in [0.3, 0.4) is 0 Å². The number of aryl methyl sites for hydroxylation is 1. The van der Waals surface area contributed by atoms with Crippen molar-refractivity contribution >= 4 is 11.0 Å². The second-order valence-electron chi connectivity index (χ2n) is 5.66. The van der Waals surface area contributed by atoms with Gasteiger partial charge in [-0.05, 0) is 18.6 Å². The normalized spacial score (nSPS) is 13.4. The first kappa shape index (κ1) is 15.0. The van der Waals surface area contributed by atoms with Gasteiger partial charge in [0, 0.05) is 30.8 Å². The van der Waals surface area contributed by atoms with E-state index in [2.05, 4.69) is 4.98 Å². The molecule has 124 valence electrons. The number of halogens is 1. The average molecular weight is 328 g/mol. The van der Waals surface area contributed by atoms with Crippen LogP contribution < -0.4 is 9.47 Å². The van der Waals surface area contributed by atoms with Gasteiger partial charge in [0.05, 0.1) is 11.0 Å². The van der Waals surface area contributed by atoms with E-state index in [1.807, 2.05) is 22.8 Å². The second kappa shape index (κ2) is 6.13. The summed E-state index contributed by atoms with van der Waals surface area (Å²) in [4.78, 5) is 4.66. The summed E-state index contributed by atoms with van der Waals surface area (Å²) in [5.74, 6) is 1.72. The Morgan fingerprint density at radius 3 is 2.67 bits per heavy atom. The van der Waals surface area contributed by atoms with Crippen LogP contribution in [-0.2, 0) is 6.54 Å². The highest BCUT2D eigenvalue weighted by atomic mass is 19.1. The number of aromatic nitrogens is 2. The number of imidazole rings is 1. The van der Waals surface area contributed by atoms with Crippen LogP contribution in [0.1, 0.15) is 6.42 Å². The second-order valence-corrected chi connectivity index (χ2v) is 5.66. The van der Waals surface area contributed by atoms with Crippen LogP contribution >= 0.6 is 0 Å². The molecule has 0 aliphatic carbocycles. The van der Waals surface area contributed by atoms with Crippen molar-refractivity contribution in [2.75, 3.05) is 19.8 Å². The summed E-state index contributed by atoms with van der Waals surface area (Å²) >= 11 is 0. The molecular weight excluding hydrogens is 311 g/mol. The summed E-state index contributed by atoms with van der Waals surface area (Å²) in [6.45, 7) is 1.69. The first-order valence-electron chi connectivity index (χ1n) is 7.93. The van der Waals surface area contributed by atoms with Gasteiger partial charge in [0.25, 0.3) is 0 Å². The Morgan fingerprint density at radius 2 is 1.92 bits per heavy atom. The molecular formula is C18H17FN2O3. The van der Waals surface area contributed by atoms with Gasteiger partial charge in [0.2, 0.25) is 0 Å². The van der Waals surface area contributed by atoms with E-state index >= 15 is 0 Å². The molecule has 1 aliphatic heterocycles. The highest BCUT2D eigenvalue weighted by Crippen LogP contribution is 2.36. The van der Waals surface area contributed by atoms with Crippen molar-refractivity contribution in [3.8, 4) is 22.9 Å². The van der Waals surface area contributed by atoms with Crippen molar-refractivity contribution in [3.63, 3.8) is 0 Å². The van der Waals surface area contributed by atoms with Crippen LogP contribution in [0.4, 0.5) is 4.39 Å². The fourth-order valence-corrected chi connectivity index (χ4v) is 2.96. The zero-order valence-electron chi connectivity index (χ0n) is 13.0. The molecule has 1 aromatic heterocycles. The lowest BCUT2D eigenvalue weighted by Gasteiger charge is -2.18. The third-order valence-electron chi connectivity index (χ3n) is 4.03. The first-order valence-corrected chi connectivity index (χ1v) is 7.93. The predicted octanol–water partition coefficient (Wildman–Crippen LogP) is 3.00. The average Bonchev–Trinajstić information content (AvgIpc) is 2.95. The molecule has 0 amide bonds. The van der Waals surface area contributed by atoms with Gasteiger partial charge < -0.3 is 19.1 Å². The van der Waals surface area contributed by atoms with Crippen LogP contribution in [0.25, 0.3) is 22.4 Å². The molecule has 0 saturated carbocycles. The van der Waals surface area contributed by atoms with E-state index in [4.69, 9.17) is 9.47 Å². The van der Waals surface area contributed by atoms with Gasteiger partial charge in [-0.25, -0.2) is 9.37 Å². The third-order valence-corrected chi connectivity index (χ3v) is 4.03. The lowest BCUT2D eigenvalue weighted by molar-refractivity contribution is 0.172. The van der Waals surface area contributed by atoms with E-state index in [0.29, 0.717) is 49.1 Å². The number of fused-ring (bicyclic) bond motifs is 2. The molecule has 5 nitrogen and oxygen atoms in total. The lowest BCUT2D eigenvalue weighted by atomic mass is 10.2. The summed E-state index contributed by atoms with van der Waals surface area (Å²) in [6.07, 6.45) is 0.586. The highest BCUT2D eigenvalue weighted by Gasteiger charge is 2.19. The van der Waals surface area contributed by atoms with Gasteiger partial charge in [0.1, 0.15) is 24.9 Å². The van der Waals surface area contributed by atoms with Crippen LogP contribution in [-0.4, -0.2) is 34.5 Å². The fraction of sp³-hybridized carbons (Fsp3) is 0.278. The van der Waals surface area contributed by atoms with Crippen molar-refractivity contribution in [2.45, 2.75) is 13.0 Å². The topological polar surface area (TPSA) is 56.5 Å². The van der Waals surface area contributed by atoms with Gasteiger partial charge in [-0.2, -0.15) is 0 Å². The number of aliphatic hydroxyl groups excluding tert-OH is 1. The Labute approximate surface area is 138 Å². The Bertz CT molecular complexity index is 891. The van der Waals surface area contributed by atoms with Crippen LogP contribution in [0.15, 0.2) is 36.4 Å². The van der Waals surface area contributed by atoms with Crippen LogP contribution in [0.5, 0.6) is 11.5 Å². The van der Waals surface area contributed by atoms with Gasteiger partial charge in [-0.15, -0.1) is 0 Å². The van der Waals surface area contributed by atoms with E-state index in [0.717, 1.165) is 11.0 Å². The fourth-order valence-electron chi connectivity index (χ4n) is 2.96. The van der Waals surface area contributed by atoms with Crippen molar-refractivity contribution in [2.24, 2.45) is 0 Å². The standard InChI is InChI=1S/C18H17FN2O3/c19-13-4-1-3-12(9-13)18-20-14-10-16-17(24-8-7-23-16)11-15(14)21(18)5-2-6-22/h1,3-4,9-11,22H,2,5-8H2. The highest BCUT2D eigenvalue weighted by molar-refractivity contribution is 5.84. The molecule has 0 fully saturated rings. The minimum absolute atomic E-state index is 0.0762. The van der Waals surface area contributed by atoms with Gasteiger partial charge in [-0.1, -0.05) is 12.1 Å². The smallest absolute Gasteiger partial charge is 0.163 e. The molecule has 0 bridgehead atoms. The monoisotopic (exact) mass is 328 g/mol. The van der Waals surface area contributed by atoms with Gasteiger partial charge >= 0.3 is 0 Å². The minimum Gasteiger partial charge on any atom is -0.486 e. The summed E-state index contributed by atoms with van der Waals surface area (Å²) in [6, 6.07) is 10.1. The Hall–Kier alpha value is -2.60. The Morgan fingerprint density at radius 1 is 1.12 bits per heavy atom. The molecule has 3 aromatic rings. The maximum absolute atomic E-state index is 13.6. The summed E-state index contributed by atoms with van der Waals surface area (Å²) in [5.41, 5.74) is 2.34. The summed E-state index contributed by atoms with van der Waals surface area (Å²) < 4.78 is 26.9. The van der Waals surface area contributed by atoms with Crippen molar-refractivity contribution in [3.05, 3.63) is 42.2 Å². The zero-order chi connectivity index (χ0) is 16.5. The van der Waals surface area contributed by atoms with Crippen LogP contribution in [0.2, 0.25) is 0 Å². The van der Waals surface area contributed by atoms with Crippen molar-refractivity contribution in [1.29, 1.82) is 0 Å². The number of rotatable bonds is 4. The number of ether oxygens (including phenoxy) is 2. The SMILES string of the molecule is OCCCn1c(-c2cccc(F)c2)nc2cc3c(cc21)OCCO3. The predicted molar refractivity (Wildman–Crippen MR) is 87.8 cm³/mol. The molecule has 4 rings (SSSR count). The summed E-state index contributed by atoms with van der Waals surface area (Å²) in [7, 11) is 0. The maximum Gasteiger partial charge on any atom is 0.163 e. The van der Waals surface area contributed by atoms with Crippen LogP contribution in [0, 0.1) is 5.82 Å². The Balaban J connectivity index is 1.91. The van der Waals surface area contributed by atoms with Gasteiger partial charge in [0.15, 0.2) is 11.5 Å². The molecule has 6 heteroatoms. The number of aliphatic hydroxyl groups is 1. The quantitative estimate of drug-likeness (QED) is 0.800. The van der Waals surface area contributed by atoms with Crippen molar-refractivity contribution < 1.29 is 19.0 Å². The largest absolute Gasteiger partial charge is 0.486 e. The molecule has 0 radical (unpaired) electrons.